The van der Waals surface area contributed by atoms with Gasteiger partial charge in [0.1, 0.15) is 30.5 Å². The maximum atomic E-state index is 13.6. The van der Waals surface area contributed by atoms with Gasteiger partial charge in [0.25, 0.3) is 17.7 Å². The molecule has 4 aromatic rings. The number of alkyl carbamates (subject to hydrolysis) is 1. The summed E-state index contributed by atoms with van der Waals surface area (Å²) in [4.78, 5) is 130. The molecule has 4 heterocycles. The lowest BCUT2D eigenvalue weighted by atomic mass is 10.0. The average Bonchev–Trinajstić information content (AvgIpc) is 3.77. The third kappa shape index (κ3) is 18.2. The lowest BCUT2D eigenvalue weighted by Gasteiger charge is -2.30. The van der Waals surface area contributed by atoms with E-state index in [-0.39, 0.29) is 87.1 Å². The monoisotopic (exact) mass is 1110 g/mol. The lowest BCUT2D eigenvalue weighted by molar-refractivity contribution is -0.143. The van der Waals surface area contributed by atoms with Crippen LogP contribution in [-0.4, -0.2) is 145 Å². The molecular weight excluding hydrogens is 1040 g/mol. The van der Waals surface area contributed by atoms with Crippen LogP contribution in [0.4, 0.5) is 32.5 Å². The van der Waals surface area contributed by atoms with E-state index < -0.39 is 53.9 Å². The number of carbonyl (C=O) groups excluding carboxylic acids is 9. The molecule has 0 saturated carbocycles. The Hall–Kier alpha value is -9.20. The Bertz CT molecular complexity index is 2840. The molecule has 1 fully saturated rings. The van der Waals surface area contributed by atoms with Crippen LogP contribution in [0.1, 0.15) is 74.8 Å². The Morgan fingerprint density at radius 2 is 1.52 bits per heavy atom. The first kappa shape index (κ1) is 60.0. The zero-order chi connectivity index (χ0) is 57.6. The van der Waals surface area contributed by atoms with Crippen molar-refractivity contribution in [1.82, 2.24) is 41.1 Å². The molecule has 9 amide bonds. The molecule has 80 heavy (non-hydrogen) atoms. The number of hydrogen-bond acceptors (Lipinski definition) is 18. The number of benzene rings is 2. The fourth-order valence-corrected chi connectivity index (χ4v) is 8.32. The predicted octanol–water partition coefficient (Wildman–Crippen LogP) is 2.94. The minimum absolute atomic E-state index is 0.00851. The quantitative estimate of drug-likeness (QED) is 0.0230. The number of ether oxygens (including phenoxy) is 4. The van der Waals surface area contributed by atoms with E-state index in [1.54, 1.807) is 74.8 Å². The van der Waals surface area contributed by atoms with Crippen molar-refractivity contribution in [2.45, 2.75) is 83.5 Å². The zero-order valence-corrected chi connectivity index (χ0v) is 44.7. The highest BCUT2D eigenvalue weighted by Gasteiger charge is 2.30. The number of pyridine rings is 1. The van der Waals surface area contributed by atoms with Crippen molar-refractivity contribution in [1.29, 1.82) is 0 Å². The van der Waals surface area contributed by atoms with E-state index in [4.69, 9.17) is 30.4 Å². The molecule has 6 rings (SSSR count). The summed E-state index contributed by atoms with van der Waals surface area (Å²) in [6, 6.07) is 10.9. The van der Waals surface area contributed by atoms with E-state index in [0.717, 1.165) is 10.6 Å². The van der Waals surface area contributed by atoms with Gasteiger partial charge in [-0.3, -0.25) is 38.7 Å². The standard InChI is InChI=1S/C54H67N13O13/c1-33(2)46(65-43(68)9-5-4-6-24-67-44(69)18-19-45(67)70)50(72)62-38(8-7-22-58-53(56)75)49(71)60-36-14-10-34(11-15-36)32-80-54(76)64-39(52(74)77-3)21-27-79-37-16-12-35(13-17-37)40-31-59-48(55)47(61-40)51(73)63-41-30-57-23-20-42(41)66-25-28-78-29-26-66/h10-20,23,30-31,33,38-39,46H,4-9,21-22,24-29,32H2,1-3H3,(H2,55,59)(H,60,71)(H,62,72)(H,63,73)(H,64,76)(H,65,68)(H3,56,58,75)/t38-,39+,46-/m0/s1. The number of imide groups is 1. The number of carbonyl (C=O) groups is 9. The second kappa shape index (κ2) is 30.1. The number of amides is 9. The van der Waals surface area contributed by atoms with E-state index >= 15 is 0 Å². The summed E-state index contributed by atoms with van der Waals surface area (Å²) in [7, 11) is 1.18. The molecule has 0 radical (unpaired) electrons. The zero-order valence-electron chi connectivity index (χ0n) is 44.7. The first-order chi connectivity index (χ1) is 38.5. The van der Waals surface area contributed by atoms with Gasteiger partial charge in [-0.1, -0.05) is 32.4 Å². The molecule has 2 aliphatic heterocycles. The van der Waals surface area contributed by atoms with E-state index in [2.05, 4.69) is 51.8 Å². The van der Waals surface area contributed by atoms with Gasteiger partial charge in [-0.25, -0.2) is 24.4 Å². The number of methoxy groups -OCH3 is 1. The van der Waals surface area contributed by atoms with Gasteiger partial charge in [-0.05, 0) is 79.6 Å². The number of nitrogens with one attached hydrogen (secondary N) is 6. The molecule has 0 spiro atoms. The second-order valence-electron chi connectivity index (χ2n) is 18.8. The molecule has 10 N–H and O–H groups in total. The topological polar surface area (TPSA) is 360 Å². The number of unbranched alkanes of at least 4 members (excludes halogenated alkanes) is 2. The minimum Gasteiger partial charge on any atom is -0.494 e. The third-order valence-electron chi connectivity index (χ3n) is 12.7. The van der Waals surface area contributed by atoms with Gasteiger partial charge >= 0.3 is 18.1 Å². The number of esters is 1. The fourth-order valence-electron chi connectivity index (χ4n) is 8.32. The largest absolute Gasteiger partial charge is 0.494 e. The van der Waals surface area contributed by atoms with Crippen LogP contribution in [0.25, 0.3) is 11.3 Å². The maximum Gasteiger partial charge on any atom is 0.408 e. The lowest BCUT2D eigenvalue weighted by Crippen LogP contribution is -2.54. The van der Waals surface area contributed by atoms with Gasteiger partial charge in [-0.2, -0.15) is 0 Å². The first-order valence-electron chi connectivity index (χ1n) is 26.0. The average molecular weight is 1110 g/mol. The number of nitrogen functional groups attached to an aromatic ring is 1. The summed E-state index contributed by atoms with van der Waals surface area (Å²) in [6.45, 7) is 6.05. The third-order valence-corrected chi connectivity index (χ3v) is 12.7. The second-order valence-corrected chi connectivity index (χ2v) is 18.8. The Morgan fingerprint density at radius 3 is 2.21 bits per heavy atom. The molecular formula is C54H67N13O13. The number of morpholine rings is 1. The van der Waals surface area contributed by atoms with E-state index in [0.29, 0.717) is 79.5 Å². The van der Waals surface area contributed by atoms with Gasteiger partial charge in [0.05, 0.1) is 56.4 Å². The highest BCUT2D eigenvalue weighted by molar-refractivity contribution is 6.13. The molecule has 2 aliphatic rings. The normalized spacial score (nSPS) is 14.1. The summed E-state index contributed by atoms with van der Waals surface area (Å²) in [6.07, 6.45) is 8.15. The minimum atomic E-state index is -1.13. The van der Waals surface area contributed by atoms with Crippen LogP contribution < -0.4 is 53.0 Å². The van der Waals surface area contributed by atoms with E-state index in [1.807, 2.05) is 6.07 Å². The van der Waals surface area contributed by atoms with Crippen molar-refractivity contribution in [3.63, 3.8) is 0 Å². The predicted molar refractivity (Wildman–Crippen MR) is 291 cm³/mol. The van der Waals surface area contributed by atoms with Crippen LogP contribution in [-0.2, 0) is 49.6 Å². The molecule has 0 unspecified atom stereocenters. The summed E-state index contributed by atoms with van der Waals surface area (Å²) < 4.78 is 21.6. The summed E-state index contributed by atoms with van der Waals surface area (Å²) in [5.74, 6) is -3.59. The Morgan fingerprint density at radius 1 is 0.800 bits per heavy atom. The van der Waals surface area contributed by atoms with Gasteiger partial charge in [0.15, 0.2) is 11.5 Å². The van der Waals surface area contributed by atoms with Crippen LogP contribution >= 0.6 is 0 Å². The number of nitrogens with zero attached hydrogens (tertiary/aromatic N) is 5. The summed E-state index contributed by atoms with van der Waals surface area (Å²) >= 11 is 0. The van der Waals surface area contributed by atoms with Crippen LogP contribution in [0.2, 0.25) is 0 Å². The fraction of sp³-hybridized carbons (Fsp3) is 0.407. The molecule has 0 aliphatic carbocycles. The number of urea groups is 1. The number of primary amides is 1. The summed E-state index contributed by atoms with van der Waals surface area (Å²) in [5, 5.41) is 16.1. The van der Waals surface area contributed by atoms with Gasteiger partial charge in [0, 0.05) is 68.6 Å². The van der Waals surface area contributed by atoms with Gasteiger partial charge in [0.2, 0.25) is 17.7 Å². The molecule has 3 atom stereocenters. The van der Waals surface area contributed by atoms with E-state index in [9.17, 15) is 43.2 Å². The van der Waals surface area contributed by atoms with Crippen LogP contribution in [0.15, 0.2) is 85.3 Å². The number of aromatic nitrogens is 3. The Balaban J connectivity index is 0.953. The van der Waals surface area contributed by atoms with Crippen molar-refractivity contribution in [2.75, 3.05) is 74.4 Å². The SMILES string of the molecule is COC(=O)[C@@H](CCOc1ccc(-c2cnc(N)c(C(=O)Nc3cnccc3N3CCOCC3)n2)cc1)NC(=O)OCc1ccc(NC(=O)[C@H](CCCNC(N)=O)NC(=O)[C@@H](NC(=O)CCCCCN2C(=O)C=CC2=O)C(C)C)cc1. The van der Waals surface area contributed by atoms with Crippen LogP contribution in [0.3, 0.4) is 0 Å². The van der Waals surface area contributed by atoms with Gasteiger partial charge < -0.3 is 67.2 Å². The smallest absolute Gasteiger partial charge is 0.408 e. The number of nitrogens with two attached hydrogens (primary N) is 2. The van der Waals surface area contributed by atoms with Crippen molar-refractivity contribution < 1.29 is 62.1 Å². The summed E-state index contributed by atoms with van der Waals surface area (Å²) in [5.41, 5.74) is 14.4. The van der Waals surface area contributed by atoms with Crippen LogP contribution in [0, 0.1) is 5.92 Å². The number of rotatable bonds is 28. The molecule has 26 heteroatoms. The molecule has 426 valence electrons. The maximum absolute atomic E-state index is 13.6. The molecule has 26 nitrogen and oxygen atoms in total. The number of anilines is 4. The molecule has 2 aromatic heterocycles. The molecule has 2 aromatic carbocycles. The first-order valence-corrected chi connectivity index (χ1v) is 26.0. The highest BCUT2D eigenvalue weighted by atomic mass is 16.6. The van der Waals surface area contributed by atoms with Gasteiger partial charge in [-0.15, -0.1) is 0 Å². The van der Waals surface area contributed by atoms with Crippen molar-refractivity contribution >= 4 is 76.4 Å². The van der Waals surface area contributed by atoms with E-state index in [1.165, 1.54) is 25.5 Å². The Kier molecular flexibility index (Phi) is 22.6. The number of hydrogen-bond donors (Lipinski definition) is 8. The van der Waals surface area contributed by atoms with Crippen molar-refractivity contribution in [3.8, 4) is 17.0 Å². The Labute approximate surface area is 461 Å². The van der Waals surface area contributed by atoms with Crippen molar-refractivity contribution in [2.24, 2.45) is 11.7 Å². The highest BCUT2D eigenvalue weighted by Crippen LogP contribution is 2.27. The molecule has 1 saturated heterocycles. The van der Waals surface area contributed by atoms with Crippen molar-refractivity contribution in [3.05, 3.63) is 96.6 Å². The van der Waals surface area contributed by atoms with Crippen LogP contribution in [0.5, 0.6) is 5.75 Å². The molecule has 0 bridgehead atoms.